The Morgan fingerprint density at radius 3 is 2.90 bits per heavy atom. The highest BCUT2D eigenvalue weighted by atomic mass is 15.3. The van der Waals surface area contributed by atoms with Crippen LogP contribution < -0.4 is 5.32 Å². The van der Waals surface area contributed by atoms with Crippen LogP contribution in [0.15, 0.2) is 48.8 Å². The lowest BCUT2D eigenvalue weighted by Crippen LogP contribution is -2.44. The number of nitrogens with zero attached hydrogens (tertiary/aromatic N) is 2. The predicted molar refractivity (Wildman–Crippen MR) is 80.7 cm³/mol. The van der Waals surface area contributed by atoms with E-state index in [1.807, 2.05) is 29.1 Å². The highest BCUT2D eigenvalue weighted by Crippen LogP contribution is 2.30. The summed E-state index contributed by atoms with van der Waals surface area (Å²) in [5.74, 6) is 0. The summed E-state index contributed by atoms with van der Waals surface area (Å²) in [4.78, 5) is 0. The fourth-order valence-corrected chi connectivity index (χ4v) is 3.35. The second-order valence-electron chi connectivity index (χ2n) is 5.81. The molecule has 1 aromatic heterocycles. The van der Waals surface area contributed by atoms with Crippen LogP contribution in [0.5, 0.6) is 0 Å². The van der Waals surface area contributed by atoms with Gasteiger partial charge in [0.05, 0.1) is 11.9 Å². The van der Waals surface area contributed by atoms with Gasteiger partial charge in [-0.25, -0.2) is 4.68 Å². The van der Waals surface area contributed by atoms with Crippen molar-refractivity contribution in [2.45, 2.75) is 37.8 Å². The van der Waals surface area contributed by atoms with Crippen molar-refractivity contribution in [1.82, 2.24) is 15.1 Å². The van der Waals surface area contributed by atoms with Gasteiger partial charge in [-0.15, -0.1) is 0 Å². The number of nitrogens with one attached hydrogen (secondary N) is 1. The highest BCUT2D eigenvalue weighted by molar-refractivity contribution is 5.67. The molecule has 3 heteroatoms. The molecule has 2 unspecified atom stereocenters. The zero-order valence-corrected chi connectivity index (χ0v) is 11.5. The molecule has 0 amide bonds. The zero-order valence-electron chi connectivity index (χ0n) is 11.5. The Labute approximate surface area is 119 Å². The summed E-state index contributed by atoms with van der Waals surface area (Å²) >= 11 is 0. The Morgan fingerprint density at radius 2 is 2.05 bits per heavy atom. The number of aromatic nitrogens is 2. The number of rotatable bonds is 2. The number of hydrogen-bond acceptors (Lipinski definition) is 2. The van der Waals surface area contributed by atoms with E-state index in [0.29, 0.717) is 12.1 Å². The molecule has 2 aromatic rings. The van der Waals surface area contributed by atoms with Crippen molar-refractivity contribution in [1.29, 1.82) is 0 Å². The van der Waals surface area contributed by atoms with Crippen LogP contribution in [0.2, 0.25) is 0 Å². The summed E-state index contributed by atoms with van der Waals surface area (Å²) in [6, 6.07) is 11.5. The average Bonchev–Trinajstić information content (AvgIpc) is 2.97. The molecule has 1 aromatic carbocycles. The van der Waals surface area contributed by atoms with Crippen LogP contribution in [-0.4, -0.2) is 21.9 Å². The Hall–Kier alpha value is -1.87. The van der Waals surface area contributed by atoms with Gasteiger partial charge in [-0.05, 0) is 37.0 Å². The van der Waals surface area contributed by atoms with Gasteiger partial charge < -0.3 is 5.32 Å². The molecule has 4 rings (SSSR count). The minimum Gasteiger partial charge on any atom is -0.307 e. The number of fused-ring (bicyclic) bond motifs is 2. The number of para-hydroxylation sites is 1. The molecule has 1 saturated heterocycles. The summed E-state index contributed by atoms with van der Waals surface area (Å²) in [6.45, 7) is 0. The van der Waals surface area contributed by atoms with Crippen molar-refractivity contribution in [2.24, 2.45) is 0 Å². The van der Waals surface area contributed by atoms with Crippen LogP contribution in [-0.2, 0) is 0 Å². The van der Waals surface area contributed by atoms with Crippen molar-refractivity contribution in [2.75, 3.05) is 0 Å². The Balaban J connectivity index is 1.64. The van der Waals surface area contributed by atoms with E-state index in [4.69, 9.17) is 0 Å². The lowest BCUT2D eigenvalue weighted by molar-refractivity contribution is 0.348. The fourth-order valence-electron chi connectivity index (χ4n) is 3.35. The lowest BCUT2D eigenvalue weighted by atomic mass is 9.86. The molecule has 0 spiro atoms. The van der Waals surface area contributed by atoms with Gasteiger partial charge in [-0.3, -0.25) is 0 Å². The Kier molecular flexibility index (Phi) is 2.92. The maximum atomic E-state index is 4.51. The Morgan fingerprint density at radius 1 is 1.15 bits per heavy atom. The van der Waals surface area contributed by atoms with E-state index < -0.39 is 0 Å². The van der Waals surface area contributed by atoms with Crippen LogP contribution in [0, 0.1) is 0 Å². The molecule has 20 heavy (non-hydrogen) atoms. The SMILES string of the molecule is C1=C(c2cnn(-c3ccccc3)c2)CC2CCCC1N2. The third-order valence-electron chi connectivity index (χ3n) is 4.36. The number of piperidine rings is 1. The van der Waals surface area contributed by atoms with E-state index in [2.05, 4.69) is 34.8 Å². The van der Waals surface area contributed by atoms with E-state index in [1.54, 1.807) is 0 Å². The maximum absolute atomic E-state index is 4.51. The molecule has 3 heterocycles. The normalized spacial score (nSPS) is 25.3. The first-order valence-electron chi connectivity index (χ1n) is 7.46. The summed E-state index contributed by atoms with van der Waals surface area (Å²) in [7, 11) is 0. The first kappa shape index (κ1) is 11.9. The van der Waals surface area contributed by atoms with E-state index in [9.17, 15) is 0 Å². The van der Waals surface area contributed by atoms with Gasteiger partial charge in [0.25, 0.3) is 0 Å². The molecule has 0 saturated carbocycles. The fraction of sp³-hybridized carbons (Fsp3) is 0.353. The standard InChI is InChI=1S/C17H19N3/c1-2-7-17(8-3-1)20-12-14(11-18-20)13-9-15-5-4-6-16(10-13)19-15/h1-3,7-9,11-12,15-16,19H,4-6,10H2. The summed E-state index contributed by atoms with van der Waals surface area (Å²) in [5, 5.41) is 8.20. The molecular weight excluding hydrogens is 246 g/mol. The van der Waals surface area contributed by atoms with Crippen LogP contribution in [0.4, 0.5) is 0 Å². The van der Waals surface area contributed by atoms with Crippen molar-refractivity contribution >= 4 is 5.57 Å². The van der Waals surface area contributed by atoms with Gasteiger partial charge in [0.2, 0.25) is 0 Å². The molecule has 2 atom stereocenters. The predicted octanol–water partition coefficient (Wildman–Crippen LogP) is 3.17. The summed E-state index contributed by atoms with van der Waals surface area (Å²) < 4.78 is 1.97. The minimum atomic E-state index is 0.567. The summed E-state index contributed by atoms with van der Waals surface area (Å²) in [6.07, 6.45) is 11.6. The van der Waals surface area contributed by atoms with Gasteiger partial charge in [-0.2, -0.15) is 5.10 Å². The molecule has 2 aliphatic heterocycles. The van der Waals surface area contributed by atoms with Gasteiger partial charge in [0.15, 0.2) is 0 Å². The maximum Gasteiger partial charge on any atom is 0.0645 e. The first-order chi connectivity index (χ1) is 9.88. The topological polar surface area (TPSA) is 29.9 Å². The minimum absolute atomic E-state index is 0.567. The van der Waals surface area contributed by atoms with E-state index in [-0.39, 0.29) is 0 Å². The van der Waals surface area contributed by atoms with Crippen LogP contribution in [0.3, 0.4) is 0 Å². The smallest absolute Gasteiger partial charge is 0.0645 e. The molecule has 0 radical (unpaired) electrons. The molecule has 0 aliphatic carbocycles. The van der Waals surface area contributed by atoms with E-state index in [0.717, 1.165) is 12.1 Å². The van der Waals surface area contributed by atoms with Crippen LogP contribution >= 0.6 is 0 Å². The first-order valence-corrected chi connectivity index (χ1v) is 7.46. The second-order valence-corrected chi connectivity index (χ2v) is 5.81. The van der Waals surface area contributed by atoms with Crippen LogP contribution in [0.1, 0.15) is 31.2 Å². The molecule has 2 aliphatic rings. The molecule has 3 nitrogen and oxygen atoms in total. The number of benzene rings is 1. The lowest BCUT2D eigenvalue weighted by Gasteiger charge is -2.34. The average molecular weight is 265 g/mol. The van der Waals surface area contributed by atoms with E-state index >= 15 is 0 Å². The van der Waals surface area contributed by atoms with Crippen molar-refractivity contribution in [3.05, 3.63) is 54.4 Å². The third kappa shape index (κ3) is 2.18. The Bertz CT molecular complexity index is 627. The van der Waals surface area contributed by atoms with Gasteiger partial charge >= 0.3 is 0 Å². The monoisotopic (exact) mass is 265 g/mol. The number of hydrogen-bond donors (Lipinski definition) is 1. The molecule has 102 valence electrons. The summed E-state index contributed by atoms with van der Waals surface area (Å²) in [5.41, 5.74) is 3.85. The molecular formula is C17H19N3. The van der Waals surface area contributed by atoms with Gasteiger partial charge in [0.1, 0.15) is 0 Å². The molecule has 1 N–H and O–H groups in total. The molecule has 1 fully saturated rings. The van der Waals surface area contributed by atoms with E-state index in [1.165, 1.54) is 30.4 Å². The van der Waals surface area contributed by atoms with Gasteiger partial charge in [-0.1, -0.05) is 30.7 Å². The van der Waals surface area contributed by atoms with Crippen molar-refractivity contribution in [3.63, 3.8) is 0 Å². The highest BCUT2D eigenvalue weighted by Gasteiger charge is 2.26. The van der Waals surface area contributed by atoms with Crippen molar-refractivity contribution in [3.8, 4) is 5.69 Å². The molecule has 2 bridgehead atoms. The largest absolute Gasteiger partial charge is 0.307 e. The van der Waals surface area contributed by atoms with Crippen molar-refractivity contribution < 1.29 is 0 Å². The second kappa shape index (κ2) is 4.91. The quantitative estimate of drug-likeness (QED) is 0.904. The zero-order chi connectivity index (χ0) is 13.4. The van der Waals surface area contributed by atoms with Crippen LogP contribution in [0.25, 0.3) is 11.3 Å². The van der Waals surface area contributed by atoms with Gasteiger partial charge in [0, 0.05) is 23.8 Å². The third-order valence-corrected chi connectivity index (χ3v) is 4.36.